The number of fused-ring (bicyclic) bond motifs is 1. The molecule has 1 aliphatic rings. The van der Waals surface area contributed by atoms with E-state index in [9.17, 15) is 8.42 Å². The van der Waals surface area contributed by atoms with Gasteiger partial charge >= 0.3 is 0 Å². The van der Waals surface area contributed by atoms with Gasteiger partial charge in [-0.25, -0.2) is 4.72 Å². The van der Waals surface area contributed by atoms with Gasteiger partial charge in [-0.15, -0.1) is 0 Å². The first-order chi connectivity index (χ1) is 14.8. The first-order valence-electron chi connectivity index (χ1n) is 11.0. The van der Waals surface area contributed by atoms with E-state index in [1.54, 1.807) is 14.1 Å². The van der Waals surface area contributed by atoms with Gasteiger partial charge in [0.1, 0.15) is 0 Å². The number of rotatable bonds is 9. The van der Waals surface area contributed by atoms with E-state index in [1.165, 1.54) is 26.3 Å². The van der Waals surface area contributed by atoms with E-state index >= 15 is 0 Å². The molecule has 0 amide bonds. The highest BCUT2D eigenvalue weighted by molar-refractivity contribution is 7.87. The van der Waals surface area contributed by atoms with Gasteiger partial charge in [0, 0.05) is 62.6 Å². The summed E-state index contributed by atoms with van der Waals surface area (Å²) in [4.78, 5) is 4.13. The van der Waals surface area contributed by atoms with Crippen LogP contribution in [0.5, 0.6) is 0 Å². The maximum absolute atomic E-state index is 12.3. The van der Waals surface area contributed by atoms with Crippen LogP contribution >= 0.6 is 0 Å². The molecule has 3 aromatic rings. The smallest absolute Gasteiger partial charge is 0.278 e. The number of nitrogens with one attached hydrogen (secondary N) is 1. The second-order valence-electron chi connectivity index (χ2n) is 9.18. The van der Waals surface area contributed by atoms with E-state index in [0.717, 1.165) is 24.9 Å². The molecule has 1 atom stereocenters. The molecule has 0 saturated heterocycles. The van der Waals surface area contributed by atoms with Crippen LogP contribution < -0.4 is 4.72 Å². The van der Waals surface area contributed by atoms with Crippen LogP contribution in [0.2, 0.25) is 0 Å². The molecular weight excluding hydrogens is 408 g/mol. The summed E-state index contributed by atoms with van der Waals surface area (Å²) in [6.07, 6.45) is 8.20. The van der Waals surface area contributed by atoms with Gasteiger partial charge in [0.25, 0.3) is 10.2 Å². The van der Waals surface area contributed by atoms with E-state index in [1.807, 2.05) is 24.5 Å². The van der Waals surface area contributed by atoms with Crippen LogP contribution in [0.4, 0.5) is 0 Å². The topological polar surface area (TPSA) is 67.2 Å². The third kappa shape index (κ3) is 4.84. The number of hydrogen-bond acceptors (Lipinski definition) is 3. The van der Waals surface area contributed by atoms with Crippen LogP contribution in [0, 0.1) is 11.8 Å². The molecule has 166 valence electrons. The molecule has 7 heteroatoms. The maximum atomic E-state index is 12.3. The predicted octanol–water partition coefficient (Wildman–Crippen LogP) is 4.25. The molecule has 1 unspecified atom stereocenters. The van der Waals surface area contributed by atoms with Gasteiger partial charge in [0.05, 0.1) is 0 Å². The van der Waals surface area contributed by atoms with Crippen molar-refractivity contribution in [3.8, 4) is 11.1 Å². The summed E-state index contributed by atoms with van der Waals surface area (Å²) in [6.45, 7) is 5.80. The number of benzene rings is 1. The first kappa shape index (κ1) is 22.0. The molecule has 0 aliphatic heterocycles. The molecule has 1 fully saturated rings. The standard InChI is InChI=1S/C24H32N4O2S/c1-17(2)15-28-16-23(22(19-5-6-19)14-26-31(29,30)27(3)4)21-8-7-20(13-24(21)28)18-9-11-25-12-10-18/h7-13,16-17,19,22,26H,5-6,14-15H2,1-4H3. The van der Waals surface area contributed by atoms with Crippen molar-refractivity contribution < 1.29 is 8.42 Å². The molecule has 2 heterocycles. The Hall–Kier alpha value is -2.22. The molecule has 1 aromatic carbocycles. The summed E-state index contributed by atoms with van der Waals surface area (Å²) >= 11 is 0. The number of hydrogen-bond donors (Lipinski definition) is 1. The highest BCUT2D eigenvalue weighted by Gasteiger charge is 2.35. The van der Waals surface area contributed by atoms with Crippen molar-refractivity contribution in [2.45, 2.75) is 39.2 Å². The van der Waals surface area contributed by atoms with Gasteiger partial charge in [-0.05, 0) is 59.6 Å². The van der Waals surface area contributed by atoms with Crippen LogP contribution in [-0.4, -0.2) is 42.9 Å². The SMILES string of the molecule is CC(C)Cn1cc(C(CNS(=O)(=O)N(C)C)C2CC2)c2ccc(-c3ccncc3)cc21. The molecule has 1 N–H and O–H groups in total. The Morgan fingerprint density at radius 3 is 2.45 bits per heavy atom. The highest BCUT2D eigenvalue weighted by atomic mass is 32.2. The molecule has 1 saturated carbocycles. The molecular formula is C24H32N4O2S. The second-order valence-corrected chi connectivity index (χ2v) is 11.1. The fourth-order valence-electron chi connectivity index (χ4n) is 4.24. The minimum absolute atomic E-state index is 0.178. The Morgan fingerprint density at radius 1 is 1.13 bits per heavy atom. The molecule has 6 nitrogen and oxygen atoms in total. The normalized spacial score (nSPS) is 15.8. The van der Waals surface area contributed by atoms with Crippen LogP contribution in [0.1, 0.15) is 38.2 Å². The average Bonchev–Trinajstić information content (AvgIpc) is 3.51. The number of pyridine rings is 1. The van der Waals surface area contributed by atoms with Crippen molar-refractivity contribution >= 4 is 21.1 Å². The fourth-order valence-corrected chi connectivity index (χ4v) is 4.89. The maximum Gasteiger partial charge on any atom is 0.278 e. The van der Waals surface area contributed by atoms with Crippen LogP contribution in [0.3, 0.4) is 0 Å². The fraction of sp³-hybridized carbons (Fsp3) is 0.458. The lowest BCUT2D eigenvalue weighted by molar-refractivity contribution is 0.492. The van der Waals surface area contributed by atoms with Gasteiger partial charge in [-0.1, -0.05) is 26.0 Å². The van der Waals surface area contributed by atoms with Crippen molar-refractivity contribution in [2.75, 3.05) is 20.6 Å². The van der Waals surface area contributed by atoms with Crippen LogP contribution in [0.25, 0.3) is 22.0 Å². The zero-order chi connectivity index (χ0) is 22.2. The summed E-state index contributed by atoms with van der Waals surface area (Å²) in [5, 5.41) is 1.22. The highest BCUT2D eigenvalue weighted by Crippen LogP contribution is 2.45. The van der Waals surface area contributed by atoms with E-state index in [0.29, 0.717) is 18.4 Å². The summed E-state index contributed by atoms with van der Waals surface area (Å²) in [5.74, 6) is 1.22. The van der Waals surface area contributed by atoms with Gasteiger partial charge in [0.15, 0.2) is 0 Å². The van der Waals surface area contributed by atoms with Crippen molar-refractivity contribution in [3.05, 3.63) is 54.5 Å². The molecule has 31 heavy (non-hydrogen) atoms. The van der Waals surface area contributed by atoms with Gasteiger partial charge in [-0.2, -0.15) is 12.7 Å². The predicted molar refractivity (Wildman–Crippen MR) is 126 cm³/mol. The Balaban J connectivity index is 1.75. The zero-order valence-corrected chi connectivity index (χ0v) is 19.6. The number of nitrogens with zero attached hydrogens (tertiary/aromatic N) is 3. The van der Waals surface area contributed by atoms with Crippen LogP contribution in [0.15, 0.2) is 48.9 Å². The minimum atomic E-state index is -3.44. The van der Waals surface area contributed by atoms with Crippen molar-refractivity contribution in [1.29, 1.82) is 0 Å². The van der Waals surface area contributed by atoms with Crippen molar-refractivity contribution in [3.63, 3.8) is 0 Å². The third-order valence-electron chi connectivity index (χ3n) is 6.05. The molecule has 1 aliphatic carbocycles. The summed E-state index contributed by atoms with van der Waals surface area (Å²) in [5.41, 5.74) is 4.77. The largest absolute Gasteiger partial charge is 0.347 e. The summed E-state index contributed by atoms with van der Waals surface area (Å²) in [7, 11) is -0.326. The Labute approximate surface area is 185 Å². The lowest BCUT2D eigenvalue weighted by atomic mass is 9.93. The van der Waals surface area contributed by atoms with E-state index in [-0.39, 0.29) is 5.92 Å². The minimum Gasteiger partial charge on any atom is -0.347 e. The molecule has 0 radical (unpaired) electrons. The Kier molecular flexibility index (Phi) is 6.19. The van der Waals surface area contributed by atoms with Gasteiger partial charge in [-0.3, -0.25) is 4.98 Å². The number of aromatic nitrogens is 2. The quantitative estimate of drug-likeness (QED) is 0.541. The van der Waals surface area contributed by atoms with E-state index in [4.69, 9.17) is 0 Å². The van der Waals surface area contributed by atoms with E-state index in [2.05, 4.69) is 52.5 Å². The van der Waals surface area contributed by atoms with Crippen LogP contribution in [-0.2, 0) is 16.8 Å². The Morgan fingerprint density at radius 2 is 1.84 bits per heavy atom. The summed E-state index contributed by atoms with van der Waals surface area (Å²) in [6, 6.07) is 10.7. The third-order valence-corrected chi connectivity index (χ3v) is 7.54. The zero-order valence-electron chi connectivity index (χ0n) is 18.7. The van der Waals surface area contributed by atoms with Gasteiger partial charge < -0.3 is 4.57 Å². The first-order valence-corrected chi connectivity index (χ1v) is 12.4. The molecule has 4 rings (SSSR count). The molecule has 0 bridgehead atoms. The molecule has 2 aromatic heterocycles. The Bertz CT molecular complexity index is 1150. The molecule has 0 spiro atoms. The monoisotopic (exact) mass is 440 g/mol. The second kappa shape index (κ2) is 8.73. The lowest BCUT2D eigenvalue weighted by Crippen LogP contribution is -2.38. The van der Waals surface area contributed by atoms with Crippen molar-refractivity contribution in [2.24, 2.45) is 11.8 Å². The van der Waals surface area contributed by atoms with E-state index < -0.39 is 10.2 Å². The lowest BCUT2D eigenvalue weighted by Gasteiger charge is -2.19. The van der Waals surface area contributed by atoms with Crippen molar-refractivity contribution in [1.82, 2.24) is 18.6 Å². The summed E-state index contributed by atoms with van der Waals surface area (Å²) < 4.78 is 31.1. The van der Waals surface area contributed by atoms with Gasteiger partial charge in [0.2, 0.25) is 0 Å². The average molecular weight is 441 g/mol.